The molecule has 1 saturated heterocycles. The number of amides is 2. The first-order valence-electron chi connectivity index (χ1n) is 8.88. The van der Waals surface area contributed by atoms with E-state index in [0.717, 1.165) is 51.6 Å². The van der Waals surface area contributed by atoms with E-state index in [1.54, 1.807) is 0 Å². The van der Waals surface area contributed by atoms with Crippen molar-refractivity contribution in [1.82, 2.24) is 10.2 Å². The molecule has 132 valence electrons. The summed E-state index contributed by atoms with van der Waals surface area (Å²) in [5.41, 5.74) is -0.155. The smallest absolute Gasteiger partial charge is 0.248 e. The first-order chi connectivity index (χ1) is 11.2. The highest BCUT2D eigenvalue weighted by atomic mass is 16.5. The lowest BCUT2D eigenvalue weighted by molar-refractivity contribution is -0.138. The number of hydrogen-bond acceptors (Lipinski definition) is 4. The Kier molecular flexibility index (Phi) is 7.30. The molecule has 2 rings (SSSR count). The first kappa shape index (κ1) is 18.2. The lowest BCUT2D eigenvalue weighted by Gasteiger charge is -2.26. The van der Waals surface area contributed by atoms with Crippen LogP contribution in [0.25, 0.3) is 0 Å². The third-order valence-electron chi connectivity index (χ3n) is 5.08. The van der Waals surface area contributed by atoms with Crippen molar-refractivity contribution in [3.05, 3.63) is 0 Å². The van der Waals surface area contributed by atoms with Gasteiger partial charge in [0.25, 0.3) is 0 Å². The van der Waals surface area contributed by atoms with E-state index in [4.69, 9.17) is 4.74 Å². The Labute approximate surface area is 138 Å². The van der Waals surface area contributed by atoms with Crippen LogP contribution in [0.4, 0.5) is 0 Å². The van der Waals surface area contributed by atoms with Crippen LogP contribution in [0.2, 0.25) is 0 Å². The molecule has 0 aromatic carbocycles. The molecule has 6 nitrogen and oxygen atoms in total. The molecule has 6 heteroatoms. The zero-order valence-corrected chi connectivity index (χ0v) is 14.0. The van der Waals surface area contributed by atoms with Gasteiger partial charge in [0, 0.05) is 25.0 Å². The maximum Gasteiger partial charge on any atom is 0.248 e. The van der Waals surface area contributed by atoms with Crippen molar-refractivity contribution < 1.29 is 19.4 Å². The third kappa shape index (κ3) is 5.77. The standard InChI is InChI=1S/C17H30N2O4/c20-14-17(7-3-4-8-17)13-18-15(21)11-23-12-16(22)19-9-5-1-2-6-10-19/h20H,1-14H2,(H,18,21). The second-order valence-electron chi connectivity index (χ2n) is 6.93. The highest BCUT2D eigenvalue weighted by molar-refractivity contribution is 5.79. The van der Waals surface area contributed by atoms with E-state index >= 15 is 0 Å². The van der Waals surface area contributed by atoms with Gasteiger partial charge in [-0.2, -0.15) is 0 Å². The fourth-order valence-electron chi connectivity index (χ4n) is 3.50. The molecule has 2 aliphatic rings. The van der Waals surface area contributed by atoms with Gasteiger partial charge in [-0.15, -0.1) is 0 Å². The fourth-order valence-corrected chi connectivity index (χ4v) is 3.50. The van der Waals surface area contributed by atoms with E-state index < -0.39 is 0 Å². The average Bonchev–Trinajstić information content (AvgIpc) is 2.86. The molecule has 23 heavy (non-hydrogen) atoms. The molecule has 2 N–H and O–H groups in total. The summed E-state index contributed by atoms with van der Waals surface area (Å²) >= 11 is 0. The molecule has 1 aliphatic carbocycles. The summed E-state index contributed by atoms with van der Waals surface area (Å²) in [7, 11) is 0. The minimum Gasteiger partial charge on any atom is -0.396 e. The molecule has 0 aromatic rings. The number of ether oxygens (including phenoxy) is 1. The number of nitrogens with one attached hydrogen (secondary N) is 1. The summed E-state index contributed by atoms with van der Waals surface area (Å²) in [5, 5.41) is 12.3. The Bertz CT molecular complexity index is 386. The summed E-state index contributed by atoms with van der Waals surface area (Å²) in [4.78, 5) is 25.7. The molecule has 1 heterocycles. The van der Waals surface area contributed by atoms with E-state index in [2.05, 4.69) is 5.32 Å². The van der Waals surface area contributed by atoms with Crippen molar-refractivity contribution in [2.24, 2.45) is 5.41 Å². The maximum atomic E-state index is 12.0. The van der Waals surface area contributed by atoms with Gasteiger partial charge in [-0.3, -0.25) is 9.59 Å². The third-order valence-corrected chi connectivity index (χ3v) is 5.08. The highest BCUT2D eigenvalue weighted by Gasteiger charge is 2.33. The maximum absolute atomic E-state index is 12.0. The van der Waals surface area contributed by atoms with Gasteiger partial charge in [-0.05, 0) is 25.7 Å². The normalized spacial score (nSPS) is 21.0. The number of aliphatic hydroxyl groups excluding tert-OH is 1. The number of hydrogen-bond donors (Lipinski definition) is 2. The monoisotopic (exact) mass is 326 g/mol. The van der Waals surface area contributed by atoms with Crippen molar-refractivity contribution in [2.75, 3.05) is 39.5 Å². The summed E-state index contributed by atoms with van der Waals surface area (Å²) in [6.45, 7) is 2.08. The molecule has 0 radical (unpaired) electrons. The number of carbonyl (C=O) groups is 2. The SMILES string of the molecule is O=C(COCC(=O)N1CCCCCC1)NCC1(CO)CCCC1. The van der Waals surface area contributed by atoms with Gasteiger partial charge in [-0.25, -0.2) is 0 Å². The van der Waals surface area contributed by atoms with E-state index in [1.807, 2.05) is 4.90 Å². The Hall–Kier alpha value is -1.14. The van der Waals surface area contributed by atoms with Crippen LogP contribution in [-0.4, -0.2) is 61.3 Å². The highest BCUT2D eigenvalue weighted by Crippen LogP contribution is 2.36. The van der Waals surface area contributed by atoms with Gasteiger partial charge in [0.2, 0.25) is 11.8 Å². The largest absolute Gasteiger partial charge is 0.396 e. The topological polar surface area (TPSA) is 78.9 Å². The van der Waals surface area contributed by atoms with Crippen molar-refractivity contribution in [3.63, 3.8) is 0 Å². The van der Waals surface area contributed by atoms with Crippen LogP contribution in [0.5, 0.6) is 0 Å². The Morgan fingerprint density at radius 3 is 2.26 bits per heavy atom. The molecule has 0 bridgehead atoms. The quantitative estimate of drug-likeness (QED) is 0.734. The van der Waals surface area contributed by atoms with Crippen LogP contribution in [0.1, 0.15) is 51.4 Å². The minimum atomic E-state index is -0.214. The lowest BCUT2D eigenvalue weighted by Crippen LogP contribution is -2.40. The number of carbonyl (C=O) groups excluding carboxylic acids is 2. The van der Waals surface area contributed by atoms with Crippen molar-refractivity contribution in [3.8, 4) is 0 Å². The number of nitrogens with zero attached hydrogens (tertiary/aromatic N) is 1. The van der Waals surface area contributed by atoms with E-state index in [9.17, 15) is 14.7 Å². The van der Waals surface area contributed by atoms with Gasteiger partial charge in [-0.1, -0.05) is 25.7 Å². The van der Waals surface area contributed by atoms with Crippen LogP contribution in [0.15, 0.2) is 0 Å². The van der Waals surface area contributed by atoms with Gasteiger partial charge >= 0.3 is 0 Å². The predicted molar refractivity (Wildman–Crippen MR) is 86.9 cm³/mol. The molecule has 2 amide bonds. The van der Waals surface area contributed by atoms with Crippen molar-refractivity contribution >= 4 is 11.8 Å². The molecule has 0 atom stereocenters. The zero-order valence-electron chi connectivity index (χ0n) is 14.0. The molecule has 0 spiro atoms. The van der Waals surface area contributed by atoms with E-state index in [-0.39, 0.29) is 37.0 Å². The van der Waals surface area contributed by atoms with Gasteiger partial charge in [0.05, 0.1) is 6.61 Å². The van der Waals surface area contributed by atoms with E-state index in [0.29, 0.717) is 6.54 Å². The zero-order chi connectivity index (χ0) is 16.5. The van der Waals surface area contributed by atoms with Gasteiger partial charge < -0.3 is 20.1 Å². The van der Waals surface area contributed by atoms with E-state index in [1.165, 1.54) is 12.8 Å². The Morgan fingerprint density at radius 2 is 1.65 bits per heavy atom. The lowest BCUT2D eigenvalue weighted by atomic mass is 9.87. The van der Waals surface area contributed by atoms with Gasteiger partial charge in [0.15, 0.2) is 0 Å². The molecular formula is C17H30N2O4. The van der Waals surface area contributed by atoms with Crippen molar-refractivity contribution in [1.29, 1.82) is 0 Å². The summed E-state index contributed by atoms with van der Waals surface area (Å²) < 4.78 is 5.27. The molecular weight excluding hydrogens is 296 g/mol. The molecule has 1 saturated carbocycles. The molecule has 2 fully saturated rings. The van der Waals surface area contributed by atoms with Crippen LogP contribution in [0, 0.1) is 5.41 Å². The average molecular weight is 326 g/mol. The van der Waals surface area contributed by atoms with Crippen LogP contribution >= 0.6 is 0 Å². The summed E-state index contributed by atoms with van der Waals surface area (Å²) in [6, 6.07) is 0. The second kappa shape index (κ2) is 9.23. The first-order valence-corrected chi connectivity index (χ1v) is 8.88. The molecule has 1 aliphatic heterocycles. The predicted octanol–water partition coefficient (Wildman–Crippen LogP) is 1.07. The van der Waals surface area contributed by atoms with Crippen LogP contribution < -0.4 is 5.32 Å². The number of aliphatic hydroxyl groups is 1. The van der Waals surface area contributed by atoms with Gasteiger partial charge in [0.1, 0.15) is 13.2 Å². The number of rotatable bonds is 7. The second-order valence-corrected chi connectivity index (χ2v) is 6.93. The Balaban J connectivity index is 1.61. The van der Waals surface area contributed by atoms with Crippen molar-refractivity contribution in [2.45, 2.75) is 51.4 Å². The fraction of sp³-hybridized carbons (Fsp3) is 0.882. The summed E-state index contributed by atoms with van der Waals surface area (Å²) in [6.07, 6.45) is 8.59. The summed E-state index contributed by atoms with van der Waals surface area (Å²) in [5.74, 6) is -0.240. The van der Waals surface area contributed by atoms with Crippen LogP contribution in [0.3, 0.4) is 0 Å². The minimum absolute atomic E-state index is 0.0256. The number of likely N-dealkylation sites (tertiary alicyclic amines) is 1. The van der Waals surface area contributed by atoms with Crippen LogP contribution in [-0.2, 0) is 14.3 Å². The Morgan fingerprint density at radius 1 is 1.00 bits per heavy atom. The molecule has 0 aromatic heterocycles. The molecule has 0 unspecified atom stereocenters.